The number of carbonyl (C=O) groups excluding carboxylic acids is 3. The van der Waals surface area contributed by atoms with E-state index in [0.717, 1.165) is 11.8 Å². The summed E-state index contributed by atoms with van der Waals surface area (Å²) in [6.07, 6.45) is -4.30. The van der Waals surface area contributed by atoms with Crippen molar-refractivity contribution in [3.8, 4) is 0 Å². The van der Waals surface area contributed by atoms with Gasteiger partial charge in [-0.1, -0.05) is 41.9 Å². The molecular formula is C32H21ClF7N3O3S. The number of alkyl halides is 3. The van der Waals surface area contributed by atoms with Gasteiger partial charge in [0.1, 0.15) is 16.9 Å². The predicted octanol–water partition coefficient (Wildman–Crippen LogP) is 8.44. The van der Waals surface area contributed by atoms with Gasteiger partial charge in [-0.2, -0.15) is 13.2 Å². The van der Waals surface area contributed by atoms with Crippen LogP contribution < -0.4 is 16.0 Å². The molecule has 0 spiro atoms. The van der Waals surface area contributed by atoms with Crippen molar-refractivity contribution in [2.75, 3.05) is 10.6 Å². The molecule has 0 bridgehead atoms. The van der Waals surface area contributed by atoms with Crippen LogP contribution in [0.1, 0.15) is 28.4 Å². The molecule has 244 valence electrons. The maximum atomic E-state index is 14.2. The fraction of sp³-hybridized carbons (Fsp3) is 0.0938. The molecule has 0 radical (unpaired) electrons. The molecule has 4 aromatic rings. The summed E-state index contributed by atoms with van der Waals surface area (Å²) in [5.41, 5.74) is -3.48. The molecule has 3 amide bonds. The number of amides is 3. The van der Waals surface area contributed by atoms with Crippen molar-refractivity contribution < 1.29 is 45.1 Å². The Hall–Kier alpha value is -4.82. The number of benzene rings is 4. The summed E-state index contributed by atoms with van der Waals surface area (Å²) in [6, 6.07) is 20.5. The van der Waals surface area contributed by atoms with Crippen LogP contribution >= 0.6 is 23.4 Å². The van der Waals surface area contributed by atoms with Crippen LogP contribution in [0.4, 0.5) is 42.1 Å². The van der Waals surface area contributed by atoms with Gasteiger partial charge in [-0.3, -0.25) is 14.4 Å². The second-order valence-corrected chi connectivity index (χ2v) is 11.5. The Morgan fingerprint density at radius 1 is 0.809 bits per heavy atom. The Bertz CT molecular complexity index is 1820. The summed E-state index contributed by atoms with van der Waals surface area (Å²) in [5, 5.41) is 6.04. The Morgan fingerprint density at radius 3 is 2.00 bits per heavy atom. The molecule has 1 atom stereocenters. The second-order valence-electron chi connectivity index (χ2n) is 9.66. The highest BCUT2D eigenvalue weighted by molar-refractivity contribution is 8.00. The molecule has 0 aromatic heterocycles. The van der Waals surface area contributed by atoms with E-state index >= 15 is 0 Å². The van der Waals surface area contributed by atoms with E-state index in [1.807, 2.05) is 0 Å². The summed E-state index contributed by atoms with van der Waals surface area (Å²) >= 11 is 6.88. The highest BCUT2D eigenvalue weighted by Crippen LogP contribution is 2.38. The Morgan fingerprint density at radius 2 is 1.43 bits per heavy atom. The molecule has 0 saturated carbocycles. The zero-order valence-electron chi connectivity index (χ0n) is 23.8. The third-order valence-electron chi connectivity index (χ3n) is 6.28. The van der Waals surface area contributed by atoms with E-state index in [1.165, 1.54) is 37.3 Å². The molecule has 0 aliphatic heterocycles. The van der Waals surface area contributed by atoms with Gasteiger partial charge in [0.2, 0.25) is 5.91 Å². The topological polar surface area (TPSA) is 87.3 Å². The van der Waals surface area contributed by atoms with Crippen molar-refractivity contribution in [1.29, 1.82) is 0 Å². The van der Waals surface area contributed by atoms with Gasteiger partial charge in [-0.25, -0.2) is 17.6 Å². The number of hydrogen-bond acceptors (Lipinski definition) is 4. The van der Waals surface area contributed by atoms with Gasteiger partial charge in [0.05, 0.1) is 5.25 Å². The van der Waals surface area contributed by atoms with Crippen LogP contribution in [0.15, 0.2) is 89.5 Å². The van der Waals surface area contributed by atoms with E-state index in [1.54, 1.807) is 59.9 Å². The van der Waals surface area contributed by atoms with Gasteiger partial charge in [0.15, 0.2) is 23.3 Å². The highest BCUT2D eigenvalue weighted by Gasteiger charge is 2.42. The van der Waals surface area contributed by atoms with Crippen LogP contribution in [-0.2, 0) is 15.8 Å². The van der Waals surface area contributed by atoms with E-state index < -0.39 is 63.7 Å². The van der Waals surface area contributed by atoms with Gasteiger partial charge >= 0.3 is 6.18 Å². The lowest BCUT2D eigenvalue weighted by Gasteiger charge is -2.16. The van der Waals surface area contributed by atoms with E-state index in [2.05, 4.69) is 10.6 Å². The summed E-state index contributed by atoms with van der Waals surface area (Å²) in [4.78, 5) is 38.9. The minimum atomic E-state index is -5.72. The van der Waals surface area contributed by atoms with Crippen LogP contribution in [-0.4, -0.2) is 23.0 Å². The monoisotopic (exact) mass is 695 g/mol. The smallest absolute Gasteiger partial charge is 0.321 e. The van der Waals surface area contributed by atoms with Crippen molar-refractivity contribution in [2.45, 2.75) is 23.2 Å². The molecule has 0 saturated heterocycles. The molecule has 15 heteroatoms. The fourth-order valence-corrected chi connectivity index (χ4v) is 5.06. The van der Waals surface area contributed by atoms with Crippen LogP contribution in [0.2, 0.25) is 5.02 Å². The molecule has 6 nitrogen and oxygen atoms in total. The summed E-state index contributed by atoms with van der Waals surface area (Å²) in [6.45, 7) is 1.27. The van der Waals surface area contributed by atoms with Gasteiger partial charge in [0, 0.05) is 21.2 Å². The predicted molar refractivity (Wildman–Crippen MR) is 164 cm³/mol. The van der Waals surface area contributed by atoms with E-state index in [-0.39, 0.29) is 11.4 Å². The minimum Gasteiger partial charge on any atom is -0.321 e. The van der Waals surface area contributed by atoms with Crippen LogP contribution in [0, 0.1) is 23.3 Å². The normalized spacial score (nSPS) is 12.3. The zero-order chi connectivity index (χ0) is 34.5. The first-order valence-electron chi connectivity index (χ1n) is 13.3. The highest BCUT2D eigenvalue weighted by atomic mass is 35.5. The van der Waals surface area contributed by atoms with Gasteiger partial charge in [-0.15, -0.1) is 11.8 Å². The van der Waals surface area contributed by atoms with Gasteiger partial charge < -0.3 is 16.0 Å². The Kier molecular flexibility index (Phi) is 11.0. The minimum absolute atomic E-state index is 0.111. The maximum absolute atomic E-state index is 14.2. The SMILES string of the molecule is CC(Sc1ccc(NC(=O)/C(=C/c2cccc(Cl)c2)NC(=O)c2ccccc2)cc1)C(=O)Nc1c(F)c(F)c(C(F)(F)F)c(F)c1F. The average Bonchev–Trinajstić information content (AvgIpc) is 3.02. The van der Waals surface area contributed by atoms with Crippen molar-refractivity contribution in [3.05, 3.63) is 130 Å². The average molecular weight is 696 g/mol. The second kappa shape index (κ2) is 14.7. The van der Waals surface area contributed by atoms with Crippen molar-refractivity contribution in [2.24, 2.45) is 0 Å². The lowest BCUT2D eigenvalue weighted by molar-refractivity contribution is -0.143. The lowest BCUT2D eigenvalue weighted by atomic mass is 10.1. The number of anilines is 2. The number of hydrogen-bond donors (Lipinski definition) is 3. The van der Waals surface area contributed by atoms with Crippen LogP contribution in [0.25, 0.3) is 6.08 Å². The Labute approximate surface area is 272 Å². The first-order chi connectivity index (χ1) is 22.1. The molecule has 0 aliphatic rings. The largest absolute Gasteiger partial charge is 0.422 e. The molecule has 1 unspecified atom stereocenters. The Balaban J connectivity index is 1.46. The summed E-state index contributed by atoms with van der Waals surface area (Å²) in [7, 11) is 0. The number of halogens is 8. The van der Waals surface area contributed by atoms with Crippen molar-refractivity contribution in [1.82, 2.24) is 5.32 Å². The summed E-state index contributed by atoms with van der Waals surface area (Å²) in [5.74, 6) is -12.6. The lowest BCUT2D eigenvalue weighted by Crippen LogP contribution is -2.30. The van der Waals surface area contributed by atoms with Crippen LogP contribution in [0.3, 0.4) is 0 Å². The summed E-state index contributed by atoms with van der Waals surface area (Å²) < 4.78 is 94.8. The number of carbonyl (C=O) groups is 3. The number of nitrogens with one attached hydrogen (secondary N) is 3. The van der Waals surface area contributed by atoms with E-state index in [0.29, 0.717) is 21.0 Å². The number of thioether (sulfide) groups is 1. The zero-order valence-corrected chi connectivity index (χ0v) is 25.4. The van der Waals surface area contributed by atoms with Crippen molar-refractivity contribution >= 4 is 58.5 Å². The van der Waals surface area contributed by atoms with Crippen molar-refractivity contribution in [3.63, 3.8) is 0 Å². The molecular weight excluding hydrogens is 675 g/mol. The molecule has 0 heterocycles. The van der Waals surface area contributed by atoms with Gasteiger partial charge in [0.25, 0.3) is 11.8 Å². The first kappa shape index (κ1) is 35.0. The molecule has 3 N–H and O–H groups in total. The van der Waals surface area contributed by atoms with Crippen LogP contribution in [0.5, 0.6) is 0 Å². The fourth-order valence-electron chi connectivity index (χ4n) is 3.99. The number of rotatable bonds is 9. The van der Waals surface area contributed by atoms with Gasteiger partial charge in [-0.05, 0) is 67.1 Å². The quantitative estimate of drug-likeness (QED) is 0.0710. The maximum Gasteiger partial charge on any atom is 0.422 e. The van der Waals surface area contributed by atoms with E-state index in [4.69, 9.17) is 11.6 Å². The third kappa shape index (κ3) is 8.71. The molecule has 0 aliphatic carbocycles. The first-order valence-corrected chi connectivity index (χ1v) is 14.6. The van der Waals surface area contributed by atoms with E-state index in [9.17, 15) is 45.1 Å². The molecule has 0 fully saturated rings. The molecule has 4 rings (SSSR count). The molecule has 47 heavy (non-hydrogen) atoms. The molecule has 4 aromatic carbocycles. The standard InChI is InChI=1S/C32H21ClF7N3O3S/c1-16(29(44)43-28-26(36)24(34)23(32(38,39)40)25(35)27(28)37)47-21-12-10-20(11-13-21)41-31(46)22(15-17-6-5-9-19(33)14-17)42-30(45)18-7-3-2-4-8-18/h2-16H,1H3,(H,41,46)(H,42,45)(H,43,44)/b22-15-. The third-order valence-corrected chi connectivity index (χ3v) is 7.62.